The van der Waals surface area contributed by atoms with Gasteiger partial charge in [0.2, 0.25) is 5.91 Å². The van der Waals surface area contributed by atoms with Crippen molar-refractivity contribution in [1.29, 1.82) is 0 Å². The van der Waals surface area contributed by atoms with Crippen LogP contribution in [0.15, 0.2) is 18.3 Å². The van der Waals surface area contributed by atoms with Crippen LogP contribution in [-0.2, 0) is 9.53 Å². The molecular weight excluding hydrogens is 287 g/mol. The number of carbonyl (C=O) groups is 1. The molecule has 0 bridgehead atoms. The van der Waals surface area contributed by atoms with E-state index in [0.29, 0.717) is 18.8 Å². The van der Waals surface area contributed by atoms with Gasteiger partial charge < -0.3 is 15.0 Å². The third kappa shape index (κ3) is 3.35. The summed E-state index contributed by atoms with van der Waals surface area (Å²) in [4.78, 5) is 14.0. The van der Waals surface area contributed by atoms with Gasteiger partial charge in [0.15, 0.2) is 5.82 Å². The summed E-state index contributed by atoms with van der Waals surface area (Å²) in [7, 11) is 0. The van der Waals surface area contributed by atoms with E-state index in [4.69, 9.17) is 4.74 Å². The summed E-state index contributed by atoms with van der Waals surface area (Å²) in [5, 5.41) is 10.8. The van der Waals surface area contributed by atoms with E-state index in [-0.39, 0.29) is 30.7 Å². The minimum atomic E-state index is -0.910. The third-order valence-corrected chi connectivity index (χ3v) is 4.25. The fourth-order valence-corrected chi connectivity index (χ4v) is 3.11. The molecule has 1 amide bonds. The second kappa shape index (κ2) is 6.56. The van der Waals surface area contributed by atoms with Crippen molar-refractivity contribution >= 4 is 11.7 Å². The van der Waals surface area contributed by atoms with E-state index in [0.717, 1.165) is 12.8 Å². The normalized spacial score (nSPS) is 31.5. The molecule has 1 N–H and O–H groups in total. The zero-order valence-electron chi connectivity index (χ0n) is 12.6. The van der Waals surface area contributed by atoms with Crippen molar-refractivity contribution in [2.45, 2.75) is 50.6 Å². The molecule has 0 aromatic carbocycles. The van der Waals surface area contributed by atoms with Gasteiger partial charge in [-0.05, 0) is 31.9 Å². The fourth-order valence-electron chi connectivity index (χ4n) is 3.11. The molecule has 3 rings (SSSR count). The van der Waals surface area contributed by atoms with E-state index in [1.807, 2.05) is 17.9 Å². The van der Waals surface area contributed by atoms with Crippen LogP contribution < -0.4 is 10.2 Å². The highest BCUT2D eigenvalue weighted by molar-refractivity contribution is 5.81. The van der Waals surface area contributed by atoms with Crippen molar-refractivity contribution in [3.05, 3.63) is 18.3 Å². The van der Waals surface area contributed by atoms with Gasteiger partial charge in [0.1, 0.15) is 12.3 Å². The third-order valence-electron chi connectivity index (χ3n) is 4.25. The maximum absolute atomic E-state index is 13.8. The van der Waals surface area contributed by atoms with Gasteiger partial charge in [0.05, 0.1) is 18.7 Å². The lowest BCUT2D eigenvalue weighted by atomic mass is 10.1. The molecule has 0 spiro atoms. The Hall–Kier alpha value is -1.76. The number of aromatic nitrogens is 2. The molecule has 2 aliphatic rings. The van der Waals surface area contributed by atoms with Crippen LogP contribution >= 0.6 is 0 Å². The highest BCUT2D eigenvalue weighted by Crippen LogP contribution is 2.25. The summed E-state index contributed by atoms with van der Waals surface area (Å²) >= 11 is 0. The number of rotatable bonds is 4. The standard InChI is InChI=1S/C15H21FN4O2/c1-10-4-5-13(22-10)15(21)17-8-12-7-11(16)9-20(12)14-3-2-6-18-19-14/h2-3,6,10-13H,4-5,7-9H2,1H3,(H,17,21)/t10-,11-,12-,13+/m0/s1. The molecule has 3 heterocycles. The molecule has 120 valence electrons. The highest BCUT2D eigenvalue weighted by Gasteiger charge is 2.34. The van der Waals surface area contributed by atoms with Crippen molar-refractivity contribution in [3.8, 4) is 0 Å². The van der Waals surface area contributed by atoms with Gasteiger partial charge in [0.25, 0.3) is 0 Å². The van der Waals surface area contributed by atoms with Gasteiger partial charge in [-0.15, -0.1) is 5.10 Å². The number of ether oxygens (including phenoxy) is 1. The van der Waals surface area contributed by atoms with Crippen LogP contribution in [0.25, 0.3) is 0 Å². The summed E-state index contributed by atoms with van der Waals surface area (Å²) in [6, 6.07) is 3.48. The first-order chi connectivity index (χ1) is 10.6. The molecule has 7 heteroatoms. The lowest BCUT2D eigenvalue weighted by Gasteiger charge is -2.25. The molecule has 2 aliphatic heterocycles. The fraction of sp³-hybridized carbons (Fsp3) is 0.667. The molecular formula is C15H21FN4O2. The van der Waals surface area contributed by atoms with Gasteiger partial charge in [-0.3, -0.25) is 4.79 Å². The van der Waals surface area contributed by atoms with Crippen molar-refractivity contribution in [2.75, 3.05) is 18.0 Å². The second-order valence-electron chi connectivity index (χ2n) is 5.98. The van der Waals surface area contributed by atoms with Gasteiger partial charge in [0, 0.05) is 19.2 Å². The number of hydrogen-bond donors (Lipinski definition) is 1. The Morgan fingerprint density at radius 3 is 3.09 bits per heavy atom. The molecule has 0 radical (unpaired) electrons. The zero-order chi connectivity index (χ0) is 15.5. The van der Waals surface area contributed by atoms with Crippen LogP contribution in [0.2, 0.25) is 0 Å². The molecule has 2 saturated heterocycles. The first-order valence-electron chi connectivity index (χ1n) is 7.75. The number of carbonyl (C=O) groups excluding carboxylic acids is 1. The number of halogens is 1. The van der Waals surface area contributed by atoms with Gasteiger partial charge >= 0.3 is 0 Å². The Morgan fingerprint density at radius 1 is 1.55 bits per heavy atom. The highest BCUT2D eigenvalue weighted by atomic mass is 19.1. The first kappa shape index (κ1) is 15.1. The molecule has 22 heavy (non-hydrogen) atoms. The Kier molecular flexibility index (Phi) is 4.52. The summed E-state index contributed by atoms with van der Waals surface area (Å²) < 4.78 is 19.3. The van der Waals surface area contributed by atoms with E-state index >= 15 is 0 Å². The van der Waals surface area contributed by atoms with E-state index in [1.54, 1.807) is 12.3 Å². The van der Waals surface area contributed by atoms with Crippen molar-refractivity contribution < 1.29 is 13.9 Å². The molecule has 4 atom stereocenters. The molecule has 0 unspecified atom stereocenters. The number of alkyl halides is 1. The van der Waals surface area contributed by atoms with Gasteiger partial charge in [-0.1, -0.05) is 0 Å². The first-order valence-corrected chi connectivity index (χ1v) is 7.75. The summed E-state index contributed by atoms with van der Waals surface area (Å²) in [5.74, 6) is 0.540. The van der Waals surface area contributed by atoms with Crippen LogP contribution in [0.3, 0.4) is 0 Å². The number of anilines is 1. The van der Waals surface area contributed by atoms with Crippen LogP contribution in [-0.4, -0.2) is 53.6 Å². The van der Waals surface area contributed by atoms with E-state index < -0.39 is 6.17 Å². The van der Waals surface area contributed by atoms with Crippen molar-refractivity contribution in [1.82, 2.24) is 15.5 Å². The summed E-state index contributed by atoms with van der Waals surface area (Å²) in [6.07, 6.45) is 2.47. The molecule has 1 aromatic heterocycles. The van der Waals surface area contributed by atoms with Crippen molar-refractivity contribution in [2.24, 2.45) is 0 Å². The van der Waals surface area contributed by atoms with E-state index in [2.05, 4.69) is 15.5 Å². The SMILES string of the molecule is C[C@H]1CC[C@H](C(=O)NC[C@@H]2C[C@H](F)CN2c2cccnn2)O1. The van der Waals surface area contributed by atoms with Crippen LogP contribution in [0.5, 0.6) is 0 Å². The number of hydrogen-bond acceptors (Lipinski definition) is 5. The summed E-state index contributed by atoms with van der Waals surface area (Å²) in [5.41, 5.74) is 0. The minimum Gasteiger partial charge on any atom is -0.365 e. The Balaban J connectivity index is 1.57. The Bertz CT molecular complexity index is 516. The maximum Gasteiger partial charge on any atom is 0.249 e. The zero-order valence-corrected chi connectivity index (χ0v) is 12.6. The molecule has 0 saturated carbocycles. The average Bonchev–Trinajstić information content (AvgIpc) is 3.12. The topological polar surface area (TPSA) is 67.4 Å². The van der Waals surface area contributed by atoms with Gasteiger partial charge in [-0.2, -0.15) is 5.10 Å². The minimum absolute atomic E-state index is 0.102. The van der Waals surface area contributed by atoms with Crippen molar-refractivity contribution in [3.63, 3.8) is 0 Å². The number of nitrogens with one attached hydrogen (secondary N) is 1. The van der Waals surface area contributed by atoms with Gasteiger partial charge in [-0.25, -0.2) is 4.39 Å². The Labute approximate surface area is 129 Å². The lowest BCUT2D eigenvalue weighted by Crippen LogP contribution is -2.44. The smallest absolute Gasteiger partial charge is 0.249 e. The average molecular weight is 308 g/mol. The Morgan fingerprint density at radius 2 is 2.41 bits per heavy atom. The molecule has 6 nitrogen and oxygen atoms in total. The molecule has 2 fully saturated rings. The van der Waals surface area contributed by atoms with E-state index in [1.165, 1.54) is 0 Å². The monoisotopic (exact) mass is 308 g/mol. The number of amides is 1. The summed E-state index contributed by atoms with van der Waals surface area (Å²) in [6.45, 7) is 2.65. The van der Waals surface area contributed by atoms with Crippen LogP contribution in [0, 0.1) is 0 Å². The molecule has 1 aromatic rings. The van der Waals surface area contributed by atoms with E-state index in [9.17, 15) is 9.18 Å². The van der Waals surface area contributed by atoms with Crippen LogP contribution in [0.1, 0.15) is 26.2 Å². The largest absolute Gasteiger partial charge is 0.365 e. The molecule has 0 aliphatic carbocycles. The predicted octanol–water partition coefficient (Wildman–Crippen LogP) is 1.08. The van der Waals surface area contributed by atoms with Crippen LogP contribution in [0.4, 0.5) is 10.2 Å². The lowest BCUT2D eigenvalue weighted by molar-refractivity contribution is -0.131. The second-order valence-corrected chi connectivity index (χ2v) is 5.98. The number of nitrogens with zero attached hydrogens (tertiary/aromatic N) is 3. The predicted molar refractivity (Wildman–Crippen MR) is 79.3 cm³/mol. The maximum atomic E-state index is 13.8. The quantitative estimate of drug-likeness (QED) is 0.901.